The Hall–Kier alpha value is -1.75. The summed E-state index contributed by atoms with van der Waals surface area (Å²) >= 11 is 0. The molecule has 2 rings (SSSR count). The summed E-state index contributed by atoms with van der Waals surface area (Å²) in [5.41, 5.74) is 1.10. The molecule has 5 heteroatoms. The van der Waals surface area contributed by atoms with Crippen molar-refractivity contribution in [2.24, 2.45) is 0 Å². The van der Waals surface area contributed by atoms with E-state index in [2.05, 4.69) is 18.7 Å². The Morgan fingerprint density at radius 2 is 1.96 bits per heavy atom. The fourth-order valence-corrected chi connectivity index (χ4v) is 3.13. The molecule has 5 nitrogen and oxygen atoms in total. The number of methoxy groups -OCH3 is 1. The first-order valence-corrected chi connectivity index (χ1v) is 8.69. The van der Waals surface area contributed by atoms with E-state index in [4.69, 9.17) is 9.47 Å². The molecule has 1 amide bonds. The minimum atomic E-state index is 0.0145. The minimum absolute atomic E-state index is 0.0145. The van der Waals surface area contributed by atoms with Gasteiger partial charge in [0, 0.05) is 32.2 Å². The molecule has 134 valence electrons. The first-order chi connectivity index (χ1) is 11.4. The van der Waals surface area contributed by atoms with Crippen molar-refractivity contribution in [2.75, 3.05) is 33.9 Å². The largest absolute Gasteiger partial charge is 0.493 e. The number of benzene rings is 1. The Morgan fingerprint density at radius 3 is 2.54 bits per heavy atom. The molecule has 0 saturated carbocycles. The molecule has 0 aromatic heterocycles. The van der Waals surface area contributed by atoms with Crippen molar-refractivity contribution in [3.63, 3.8) is 0 Å². The molecule has 1 saturated heterocycles. The Bertz CT molecular complexity index is 552. The van der Waals surface area contributed by atoms with Gasteiger partial charge in [-0.3, -0.25) is 4.79 Å². The average Bonchev–Trinajstić information content (AvgIpc) is 2.59. The Kier molecular flexibility index (Phi) is 6.49. The summed E-state index contributed by atoms with van der Waals surface area (Å²) in [6.07, 6.45) is 2.04. The van der Waals surface area contributed by atoms with Gasteiger partial charge in [0.2, 0.25) is 0 Å². The van der Waals surface area contributed by atoms with Gasteiger partial charge in [0.15, 0.2) is 18.1 Å². The normalized spacial score (nSPS) is 16.2. The Labute approximate surface area is 145 Å². The van der Waals surface area contributed by atoms with Gasteiger partial charge < -0.3 is 19.3 Å². The number of carbonyl (C=O) groups excluding carboxylic acids is 1. The van der Waals surface area contributed by atoms with Gasteiger partial charge in [-0.05, 0) is 51.3 Å². The topological polar surface area (TPSA) is 42.0 Å². The van der Waals surface area contributed by atoms with Gasteiger partial charge in [-0.1, -0.05) is 6.07 Å². The zero-order valence-corrected chi connectivity index (χ0v) is 15.5. The smallest absolute Gasteiger partial charge is 0.260 e. The van der Waals surface area contributed by atoms with E-state index in [9.17, 15) is 4.79 Å². The third kappa shape index (κ3) is 4.63. The number of likely N-dealkylation sites (N-methyl/N-ethyl adjacent to an activating group) is 1. The van der Waals surface area contributed by atoms with Gasteiger partial charge in [0.05, 0.1) is 7.11 Å². The lowest BCUT2D eigenvalue weighted by atomic mass is 10.0. The molecule has 0 spiro atoms. The zero-order chi connectivity index (χ0) is 17.7. The van der Waals surface area contributed by atoms with E-state index < -0.39 is 0 Å². The van der Waals surface area contributed by atoms with Crippen LogP contribution in [-0.4, -0.2) is 61.6 Å². The maximum Gasteiger partial charge on any atom is 0.260 e. The fraction of sp³-hybridized carbons (Fsp3) is 0.632. The number of likely N-dealkylation sites (tertiary alicyclic amines) is 1. The summed E-state index contributed by atoms with van der Waals surface area (Å²) in [6.45, 7) is 8.57. The predicted molar refractivity (Wildman–Crippen MR) is 95.7 cm³/mol. The highest BCUT2D eigenvalue weighted by Gasteiger charge is 2.26. The van der Waals surface area contributed by atoms with Crippen molar-refractivity contribution in [3.05, 3.63) is 23.8 Å². The van der Waals surface area contributed by atoms with Crippen LogP contribution in [0, 0.1) is 6.92 Å². The summed E-state index contributed by atoms with van der Waals surface area (Å²) in [5, 5.41) is 0. The molecule has 0 N–H and O–H groups in total. The molecular weight excluding hydrogens is 304 g/mol. The molecule has 0 bridgehead atoms. The van der Waals surface area contributed by atoms with Gasteiger partial charge in [0.25, 0.3) is 5.91 Å². The van der Waals surface area contributed by atoms with E-state index >= 15 is 0 Å². The second-order valence-corrected chi connectivity index (χ2v) is 6.81. The first kappa shape index (κ1) is 18.6. The maximum absolute atomic E-state index is 12.4. The molecule has 0 radical (unpaired) electrons. The van der Waals surface area contributed by atoms with Crippen LogP contribution in [0.5, 0.6) is 11.5 Å². The number of aryl methyl sites for hydroxylation is 1. The standard InChI is InChI=1S/C19H30N2O3/c1-14(2)21-10-8-16(9-11-21)20(4)19(22)13-24-17-7-6-15(3)12-18(17)23-5/h6-7,12,14,16H,8-11,13H2,1-5H3. The van der Waals surface area contributed by atoms with E-state index in [0.717, 1.165) is 31.5 Å². The minimum Gasteiger partial charge on any atom is -0.493 e. The van der Waals surface area contributed by atoms with Gasteiger partial charge in [0.1, 0.15) is 0 Å². The van der Waals surface area contributed by atoms with Gasteiger partial charge in [-0.25, -0.2) is 0 Å². The number of rotatable bonds is 6. The van der Waals surface area contributed by atoms with Crippen molar-refractivity contribution in [3.8, 4) is 11.5 Å². The van der Waals surface area contributed by atoms with Crippen molar-refractivity contribution in [1.82, 2.24) is 9.80 Å². The average molecular weight is 334 g/mol. The highest BCUT2D eigenvalue weighted by Crippen LogP contribution is 2.28. The van der Waals surface area contributed by atoms with Crippen molar-refractivity contribution in [2.45, 2.75) is 45.7 Å². The number of hydrogen-bond acceptors (Lipinski definition) is 4. The van der Waals surface area contributed by atoms with Crippen LogP contribution in [-0.2, 0) is 4.79 Å². The van der Waals surface area contributed by atoms with Crippen LogP contribution in [0.3, 0.4) is 0 Å². The summed E-state index contributed by atoms with van der Waals surface area (Å²) in [5.74, 6) is 1.29. The van der Waals surface area contributed by atoms with Gasteiger partial charge in [-0.2, -0.15) is 0 Å². The molecule has 0 aliphatic carbocycles. The van der Waals surface area contributed by atoms with E-state index in [0.29, 0.717) is 23.6 Å². The lowest BCUT2D eigenvalue weighted by Gasteiger charge is -2.38. The number of ether oxygens (including phenoxy) is 2. The first-order valence-electron chi connectivity index (χ1n) is 8.69. The summed E-state index contributed by atoms with van der Waals surface area (Å²) in [6, 6.07) is 6.59. The summed E-state index contributed by atoms with van der Waals surface area (Å²) in [4.78, 5) is 16.8. The molecule has 1 aromatic rings. The molecular formula is C19H30N2O3. The van der Waals surface area contributed by atoms with Crippen LogP contribution in [0.2, 0.25) is 0 Å². The van der Waals surface area contributed by atoms with E-state index in [1.807, 2.05) is 37.1 Å². The maximum atomic E-state index is 12.4. The lowest BCUT2D eigenvalue weighted by Crippen LogP contribution is -2.48. The molecule has 1 aromatic carbocycles. The quantitative estimate of drug-likeness (QED) is 0.802. The highest BCUT2D eigenvalue weighted by atomic mass is 16.5. The number of hydrogen-bond donors (Lipinski definition) is 0. The zero-order valence-electron chi connectivity index (χ0n) is 15.5. The third-order valence-electron chi connectivity index (χ3n) is 4.84. The molecule has 24 heavy (non-hydrogen) atoms. The van der Waals surface area contributed by atoms with Crippen molar-refractivity contribution < 1.29 is 14.3 Å². The van der Waals surface area contributed by atoms with Crippen molar-refractivity contribution in [1.29, 1.82) is 0 Å². The number of piperidine rings is 1. The van der Waals surface area contributed by atoms with Crippen LogP contribution in [0.4, 0.5) is 0 Å². The molecule has 0 unspecified atom stereocenters. The fourth-order valence-electron chi connectivity index (χ4n) is 3.13. The molecule has 1 aliphatic heterocycles. The number of nitrogens with zero attached hydrogens (tertiary/aromatic N) is 2. The van der Waals surface area contributed by atoms with E-state index in [1.165, 1.54) is 0 Å². The second-order valence-electron chi connectivity index (χ2n) is 6.81. The number of carbonyl (C=O) groups is 1. The molecule has 1 fully saturated rings. The molecule has 1 heterocycles. The van der Waals surface area contributed by atoms with Crippen molar-refractivity contribution >= 4 is 5.91 Å². The van der Waals surface area contributed by atoms with Gasteiger partial charge >= 0.3 is 0 Å². The number of amides is 1. The SMILES string of the molecule is COc1cc(C)ccc1OCC(=O)N(C)C1CCN(C(C)C)CC1. The lowest BCUT2D eigenvalue weighted by molar-refractivity contribution is -0.135. The predicted octanol–water partition coefficient (Wildman–Crippen LogP) is 2.71. The Morgan fingerprint density at radius 1 is 1.29 bits per heavy atom. The monoisotopic (exact) mass is 334 g/mol. The van der Waals surface area contributed by atoms with E-state index in [-0.39, 0.29) is 12.5 Å². The summed E-state index contributed by atoms with van der Waals surface area (Å²) < 4.78 is 11.0. The Balaban J connectivity index is 1.86. The van der Waals surface area contributed by atoms with Crippen LogP contribution in [0.15, 0.2) is 18.2 Å². The molecule has 1 aliphatic rings. The van der Waals surface area contributed by atoms with Crippen LogP contribution in [0.25, 0.3) is 0 Å². The second kappa shape index (κ2) is 8.38. The third-order valence-corrected chi connectivity index (χ3v) is 4.84. The van der Waals surface area contributed by atoms with Crippen LogP contribution < -0.4 is 9.47 Å². The van der Waals surface area contributed by atoms with E-state index in [1.54, 1.807) is 7.11 Å². The van der Waals surface area contributed by atoms with Crippen LogP contribution >= 0.6 is 0 Å². The van der Waals surface area contributed by atoms with Gasteiger partial charge in [-0.15, -0.1) is 0 Å². The summed E-state index contributed by atoms with van der Waals surface area (Å²) in [7, 11) is 3.49. The van der Waals surface area contributed by atoms with Crippen LogP contribution in [0.1, 0.15) is 32.3 Å². The highest BCUT2D eigenvalue weighted by molar-refractivity contribution is 5.78. The molecule has 0 atom stereocenters.